The Morgan fingerprint density at radius 1 is 0.875 bits per heavy atom. The fourth-order valence-corrected chi connectivity index (χ4v) is 2.61. The van der Waals surface area contributed by atoms with Gasteiger partial charge < -0.3 is 0 Å². The molecule has 4 aromatic rings. The van der Waals surface area contributed by atoms with Gasteiger partial charge in [-0.1, -0.05) is 42.5 Å². The molecule has 0 N–H and O–H groups in total. The highest BCUT2D eigenvalue weighted by Crippen LogP contribution is 2.22. The Kier molecular flexibility index (Phi) is 3.63. The molecule has 24 heavy (non-hydrogen) atoms. The molecule has 0 saturated heterocycles. The normalized spacial score (nSPS) is 10.7. The van der Waals surface area contributed by atoms with Crippen LogP contribution in [0.5, 0.6) is 0 Å². The summed E-state index contributed by atoms with van der Waals surface area (Å²) in [6.45, 7) is 2.03. The van der Waals surface area contributed by atoms with Crippen LogP contribution in [0.1, 0.15) is 5.56 Å². The molecule has 0 unspecified atom stereocenters. The third-order valence-corrected chi connectivity index (χ3v) is 3.81. The second kappa shape index (κ2) is 6.08. The zero-order chi connectivity index (χ0) is 16.4. The maximum absolute atomic E-state index is 4.71. The molecule has 0 saturated carbocycles. The van der Waals surface area contributed by atoms with E-state index in [4.69, 9.17) is 4.98 Å². The molecule has 0 radical (unpaired) electrons. The lowest BCUT2D eigenvalue weighted by molar-refractivity contribution is 0.880. The number of aryl methyl sites for hydroxylation is 1. The molecule has 0 aliphatic heterocycles. The Morgan fingerprint density at radius 3 is 2.50 bits per heavy atom. The third-order valence-electron chi connectivity index (χ3n) is 3.81. The lowest BCUT2D eigenvalue weighted by Gasteiger charge is -2.07. The summed E-state index contributed by atoms with van der Waals surface area (Å²) in [6.07, 6.45) is 5.66. The molecule has 116 valence electrons. The number of benzene rings is 2. The van der Waals surface area contributed by atoms with Crippen LogP contribution in [-0.4, -0.2) is 19.7 Å². The van der Waals surface area contributed by atoms with Crippen LogP contribution in [0.25, 0.3) is 28.3 Å². The Hall–Kier alpha value is -3.27. The van der Waals surface area contributed by atoms with Crippen molar-refractivity contribution in [2.24, 2.45) is 0 Å². The largest absolute Gasteiger partial charge is 0.241 e. The maximum atomic E-state index is 4.71. The second-order valence-electron chi connectivity index (χ2n) is 5.64. The number of rotatable bonds is 3. The van der Waals surface area contributed by atoms with Crippen LogP contribution in [0.4, 0.5) is 0 Å². The minimum atomic E-state index is 0.730. The summed E-state index contributed by atoms with van der Waals surface area (Å²) in [4.78, 5) is 9.10. The van der Waals surface area contributed by atoms with E-state index in [0.717, 1.165) is 33.9 Å². The summed E-state index contributed by atoms with van der Waals surface area (Å²) in [5.41, 5.74) is 5.10. The fraction of sp³-hybridized carbons (Fsp3) is 0.0500. The van der Waals surface area contributed by atoms with Gasteiger partial charge in [0.1, 0.15) is 0 Å². The maximum Gasteiger partial charge on any atom is 0.159 e. The van der Waals surface area contributed by atoms with Gasteiger partial charge in [-0.15, -0.1) is 0 Å². The molecule has 0 amide bonds. The van der Waals surface area contributed by atoms with E-state index >= 15 is 0 Å². The Labute approximate surface area is 140 Å². The zero-order valence-electron chi connectivity index (χ0n) is 13.3. The highest BCUT2D eigenvalue weighted by molar-refractivity contribution is 5.65. The van der Waals surface area contributed by atoms with Gasteiger partial charge in [0, 0.05) is 23.5 Å². The van der Waals surface area contributed by atoms with Gasteiger partial charge >= 0.3 is 0 Å². The number of nitrogens with zero attached hydrogens (tertiary/aromatic N) is 4. The first-order chi connectivity index (χ1) is 11.8. The minimum absolute atomic E-state index is 0.730. The predicted octanol–water partition coefficient (Wildman–Crippen LogP) is 4.30. The highest BCUT2D eigenvalue weighted by atomic mass is 15.3. The molecule has 0 spiro atoms. The van der Waals surface area contributed by atoms with Crippen LogP contribution in [-0.2, 0) is 0 Å². The smallest absolute Gasteiger partial charge is 0.159 e. The van der Waals surface area contributed by atoms with Gasteiger partial charge in [-0.25, -0.2) is 14.6 Å². The van der Waals surface area contributed by atoms with Gasteiger partial charge in [-0.2, -0.15) is 5.10 Å². The van der Waals surface area contributed by atoms with E-state index in [2.05, 4.69) is 22.2 Å². The molecule has 0 aliphatic rings. The number of aromatic nitrogens is 4. The van der Waals surface area contributed by atoms with E-state index in [1.165, 1.54) is 0 Å². The first kappa shape index (κ1) is 14.3. The molecule has 0 fully saturated rings. The Balaban J connectivity index is 1.74. The van der Waals surface area contributed by atoms with Crippen molar-refractivity contribution in [1.82, 2.24) is 19.7 Å². The number of hydrogen-bond acceptors (Lipinski definition) is 3. The van der Waals surface area contributed by atoms with Crippen LogP contribution < -0.4 is 0 Å². The van der Waals surface area contributed by atoms with E-state index in [0.29, 0.717) is 0 Å². The van der Waals surface area contributed by atoms with Gasteiger partial charge in [0.25, 0.3) is 0 Å². The van der Waals surface area contributed by atoms with Crippen molar-refractivity contribution in [3.8, 4) is 28.3 Å². The SMILES string of the molecule is Cc1cnn(-c2cccc(-c3ccnc(-c4ccccc4)n3)c2)c1. The van der Waals surface area contributed by atoms with Crippen molar-refractivity contribution in [1.29, 1.82) is 0 Å². The van der Waals surface area contributed by atoms with Gasteiger partial charge in [0.05, 0.1) is 17.6 Å². The lowest BCUT2D eigenvalue weighted by Crippen LogP contribution is -1.96. The zero-order valence-corrected chi connectivity index (χ0v) is 13.3. The van der Waals surface area contributed by atoms with E-state index in [-0.39, 0.29) is 0 Å². The monoisotopic (exact) mass is 312 g/mol. The fourth-order valence-electron chi connectivity index (χ4n) is 2.61. The van der Waals surface area contributed by atoms with Crippen molar-refractivity contribution in [2.75, 3.05) is 0 Å². The summed E-state index contributed by atoms with van der Waals surface area (Å²) in [5, 5.41) is 4.37. The van der Waals surface area contributed by atoms with Crippen molar-refractivity contribution in [3.05, 3.63) is 84.8 Å². The van der Waals surface area contributed by atoms with Gasteiger partial charge in [-0.05, 0) is 30.7 Å². The van der Waals surface area contributed by atoms with Crippen LogP contribution in [0.3, 0.4) is 0 Å². The van der Waals surface area contributed by atoms with Crippen LogP contribution in [0, 0.1) is 6.92 Å². The van der Waals surface area contributed by atoms with Crippen molar-refractivity contribution in [3.63, 3.8) is 0 Å². The lowest BCUT2D eigenvalue weighted by atomic mass is 10.1. The summed E-state index contributed by atoms with van der Waals surface area (Å²) >= 11 is 0. The summed E-state index contributed by atoms with van der Waals surface area (Å²) in [7, 11) is 0. The third kappa shape index (κ3) is 2.82. The van der Waals surface area contributed by atoms with Gasteiger partial charge in [-0.3, -0.25) is 0 Å². The topological polar surface area (TPSA) is 43.6 Å². The van der Waals surface area contributed by atoms with E-state index in [1.807, 2.05) is 72.5 Å². The Bertz CT molecular complexity index is 974. The molecule has 4 rings (SSSR count). The predicted molar refractivity (Wildman–Crippen MR) is 94.8 cm³/mol. The molecule has 0 bridgehead atoms. The van der Waals surface area contributed by atoms with Crippen molar-refractivity contribution >= 4 is 0 Å². The molecule has 0 atom stereocenters. The molecule has 2 aromatic carbocycles. The van der Waals surface area contributed by atoms with E-state index < -0.39 is 0 Å². The first-order valence-corrected chi connectivity index (χ1v) is 7.80. The molecular weight excluding hydrogens is 296 g/mol. The molecule has 0 aliphatic carbocycles. The molecule has 4 heteroatoms. The first-order valence-electron chi connectivity index (χ1n) is 7.80. The molecule has 4 nitrogen and oxygen atoms in total. The Morgan fingerprint density at radius 2 is 1.71 bits per heavy atom. The molecule has 2 aromatic heterocycles. The van der Waals surface area contributed by atoms with Crippen LogP contribution in [0.15, 0.2) is 79.3 Å². The highest BCUT2D eigenvalue weighted by Gasteiger charge is 2.06. The van der Waals surface area contributed by atoms with Crippen molar-refractivity contribution < 1.29 is 0 Å². The molecule has 2 heterocycles. The summed E-state index contributed by atoms with van der Waals surface area (Å²) in [5.74, 6) is 0.730. The summed E-state index contributed by atoms with van der Waals surface area (Å²) < 4.78 is 1.87. The van der Waals surface area contributed by atoms with Gasteiger partial charge in [0.15, 0.2) is 5.82 Å². The van der Waals surface area contributed by atoms with Crippen molar-refractivity contribution in [2.45, 2.75) is 6.92 Å². The average molecular weight is 312 g/mol. The standard InChI is InChI=1S/C20H16N4/c1-15-13-22-24(14-15)18-9-5-8-17(12-18)19-10-11-21-20(23-19)16-6-3-2-4-7-16/h2-14H,1H3. The number of hydrogen-bond donors (Lipinski definition) is 0. The van der Waals surface area contributed by atoms with Gasteiger partial charge in [0.2, 0.25) is 0 Å². The van der Waals surface area contributed by atoms with E-state index in [1.54, 1.807) is 6.20 Å². The van der Waals surface area contributed by atoms with Crippen LogP contribution in [0.2, 0.25) is 0 Å². The molecular formula is C20H16N4. The van der Waals surface area contributed by atoms with Crippen LogP contribution >= 0.6 is 0 Å². The quantitative estimate of drug-likeness (QED) is 0.566. The second-order valence-corrected chi connectivity index (χ2v) is 5.64. The van der Waals surface area contributed by atoms with E-state index in [9.17, 15) is 0 Å². The summed E-state index contributed by atoms with van der Waals surface area (Å²) in [6, 6.07) is 20.1. The average Bonchev–Trinajstić information content (AvgIpc) is 3.09. The minimum Gasteiger partial charge on any atom is -0.241 e.